The van der Waals surface area contributed by atoms with E-state index in [2.05, 4.69) is 27.4 Å². The van der Waals surface area contributed by atoms with E-state index in [1.54, 1.807) is 0 Å². The van der Waals surface area contributed by atoms with E-state index in [9.17, 15) is 9.90 Å². The Morgan fingerprint density at radius 3 is 2.77 bits per heavy atom. The van der Waals surface area contributed by atoms with Crippen molar-refractivity contribution in [2.24, 2.45) is 0 Å². The molecule has 0 spiro atoms. The predicted octanol–water partition coefficient (Wildman–Crippen LogP) is 2.48. The van der Waals surface area contributed by atoms with E-state index in [1.165, 1.54) is 30.7 Å². The lowest BCUT2D eigenvalue weighted by atomic mass is 10.0. The molecule has 1 aliphatic carbocycles. The first-order valence-corrected chi connectivity index (χ1v) is 8.79. The number of aliphatic hydroxyl groups is 1. The van der Waals surface area contributed by atoms with Crippen LogP contribution in [0.4, 0.5) is 0 Å². The van der Waals surface area contributed by atoms with Crippen LogP contribution in [0.2, 0.25) is 5.02 Å². The Balaban J connectivity index is 1.42. The maximum Gasteiger partial charge on any atom is 0.285 e. The summed E-state index contributed by atoms with van der Waals surface area (Å²) < 4.78 is 6.29. The smallest absolute Gasteiger partial charge is 0.285 e. The minimum Gasteiger partial charge on any atom is -0.388 e. The molecule has 0 saturated heterocycles. The van der Waals surface area contributed by atoms with Crippen LogP contribution in [0.5, 0.6) is 0 Å². The van der Waals surface area contributed by atoms with Gasteiger partial charge in [0.15, 0.2) is 5.82 Å². The van der Waals surface area contributed by atoms with Crippen LogP contribution in [-0.2, 0) is 13.0 Å². The first kappa shape index (κ1) is 16.9. The molecule has 1 saturated carbocycles. The SMILES string of the molecule is O=c1c(Cl)ccnn1Cc1nc(C[C@H](O)c2ccc(C3CC3)cc2)no1. The number of hydrogen-bond acceptors (Lipinski definition) is 6. The van der Waals surface area contributed by atoms with Crippen LogP contribution in [0.25, 0.3) is 0 Å². The summed E-state index contributed by atoms with van der Waals surface area (Å²) >= 11 is 5.78. The van der Waals surface area contributed by atoms with Gasteiger partial charge in [-0.05, 0) is 36.0 Å². The van der Waals surface area contributed by atoms with Crippen LogP contribution in [0.1, 0.15) is 47.7 Å². The normalized spacial score (nSPS) is 15.2. The lowest BCUT2D eigenvalue weighted by molar-refractivity contribution is 0.174. The van der Waals surface area contributed by atoms with E-state index in [-0.39, 0.29) is 23.9 Å². The second-order valence-corrected chi connectivity index (χ2v) is 6.81. The van der Waals surface area contributed by atoms with Crippen LogP contribution in [0.3, 0.4) is 0 Å². The van der Waals surface area contributed by atoms with E-state index in [0.717, 1.165) is 10.2 Å². The number of nitrogens with zero attached hydrogens (tertiary/aromatic N) is 4. The highest BCUT2D eigenvalue weighted by Gasteiger charge is 2.23. The van der Waals surface area contributed by atoms with Gasteiger partial charge in [0, 0.05) is 12.6 Å². The first-order chi connectivity index (χ1) is 12.6. The fourth-order valence-corrected chi connectivity index (χ4v) is 2.96. The molecule has 4 rings (SSSR count). The third-order valence-corrected chi connectivity index (χ3v) is 4.69. The molecule has 1 aliphatic rings. The van der Waals surface area contributed by atoms with Crippen molar-refractivity contribution in [2.45, 2.75) is 37.8 Å². The van der Waals surface area contributed by atoms with Crippen molar-refractivity contribution in [1.82, 2.24) is 19.9 Å². The maximum absolute atomic E-state index is 11.9. The van der Waals surface area contributed by atoms with Gasteiger partial charge in [0.1, 0.15) is 11.6 Å². The van der Waals surface area contributed by atoms with Crippen LogP contribution in [-0.4, -0.2) is 25.0 Å². The third kappa shape index (κ3) is 3.68. The Morgan fingerprint density at radius 1 is 1.27 bits per heavy atom. The molecule has 7 nitrogen and oxygen atoms in total. The summed E-state index contributed by atoms with van der Waals surface area (Å²) in [5.74, 6) is 1.28. The molecule has 1 N–H and O–H groups in total. The first-order valence-electron chi connectivity index (χ1n) is 8.41. The van der Waals surface area contributed by atoms with Gasteiger partial charge in [0.05, 0.1) is 6.10 Å². The minimum absolute atomic E-state index is 0.0264. The van der Waals surface area contributed by atoms with Gasteiger partial charge in [0.25, 0.3) is 5.56 Å². The van der Waals surface area contributed by atoms with Crippen molar-refractivity contribution in [1.29, 1.82) is 0 Å². The van der Waals surface area contributed by atoms with Crippen LogP contribution < -0.4 is 5.56 Å². The minimum atomic E-state index is -0.722. The van der Waals surface area contributed by atoms with Crippen molar-refractivity contribution in [3.63, 3.8) is 0 Å². The highest BCUT2D eigenvalue weighted by molar-refractivity contribution is 6.30. The Hall–Kier alpha value is -2.51. The lowest BCUT2D eigenvalue weighted by Crippen LogP contribution is -2.23. The summed E-state index contributed by atoms with van der Waals surface area (Å²) in [6.45, 7) is 0.0264. The zero-order valence-electron chi connectivity index (χ0n) is 13.9. The number of halogens is 1. The summed E-state index contributed by atoms with van der Waals surface area (Å²) in [5, 5.41) is 18.3. The summed E-state index contributed by atoms with van der Waals surface area (Å²) in [7, 11) is 0. The molecule has 0 bridgehead atoms. The van der Waals surface area contributed by atoms with Gasteiger partial charge < -0.3 is 9.63 Å². The Bertz CT molecular complexity index is 963. The number of hydrogen-bond donors (Lipinski definition) is 1. The van der Waals surface area contributed by atoms with Gasteiger partial charge in [-0.3, -0.25) is 4.79 Å². The summed E-state index contributed by atoms with van der Waals surface area (Å²) in [5.41, 5.74) is 1.71. The predicted molar refractivity (Wildman–Crippen MR) is 94.0 cm³/mol. The average Bonchev–Trinajstić information content (AvgIpc) is 3.41. The summed E-state index contributed by atoms with van der Waals surface area (Å²) in [4.78, 5) is 16.1. The lowest BCUT2D eigenvalue weighted by Gasteiger charge is -2.09. The summed E-state index contributed by atoms with van der Waals surface area (Å²) in [6.07, 6.45) is 3.43. The van der Waals surface area contributed by atoms with E-state index in [0.29, 0.717) is 11.7 Å². The van der Waals surface area contributed by atoms with Crippen LogP contribution >= 0.6 is 11.6 Å². The molecule has 0 amide bonds. The van der Waals surface area contributed by atoms with E-state index in [1.807, 2.05) is 12.1 Å². The van der Waals surface area contributed by atoms with Gasteiger partial charge in [-0.15, -0.1) is 0 Å². The highest BCUT2D eigenvalue weighted by Crippen LogP contribution is 2.40. The molecular weight excluding hydrogens is 356 g/mol. The Labute approximate surface area is 154 Å². The summed E-state index contributed by atoms with van der Waals surface area (Å²) in [6, 6.07) is 9.43. The van der Waals surface area contributed by atoms with Crippen LogP contribution in [0, 0.1) is 0 Å². The van der Waals surface area contributed by atoms with Crippen molar-refractivity contribution < 1.29 is 9.63 Å². The molecule has 0 aliphatic heterocycles. The van der Waals surface area contributed by atoms with Crippen molar-refractivity contribution in [3.05, 3.63) is 74.7 Å². The largest absolute Gasteiger partial charge is 0.388 e. The van der Waals surface area contributed by atoms with Gasteiger partial charge >= 0.3 is 0 Å². The van der Waals surface area contributed by atoms with Gasteiger partial charge in [-0.25, -0.2) is 4.68 Å². The molecule has 1 aromatic carbocycles. The van der Waals surface area contributed by atoms with Gasteiger partial charge in [-0.1, -0.05) is 41.0 Å². The van der Waals surface area contributed by atoms with Crippen molar-refractivity contribution >= 4 is 11.6 Å². The van der Waals surface area contributed by atoms with Crippen LogP contribution in [0.15, 0.2) is 45.8 Å². The molecule has 26 heavy (non-hydrogen) atoms. The molecule has 0 unspecified atom stereocenters. The zero-order chi connectivity index (χ0) is 18.1. The van der Waals surface area contributed by atoms with E-state index >= 15 is 0 Å². The second-order valence-electron chi connectivity index (χ2n) is 6.41. The maximum atomic E-state index is 11.9. The molecule has 2 aromatic heterocycles. The molecule has 3 aromatic rings. The monoisotopic (exact) mass is 372 g/mol. The Morgan fingerprint density at radius 2 is 2.04 bits per heavy atom. The fourth-order valence-electron chi connectivity index (χ4n) is 2.80. The van der Waals surface area contributed by atoms with E-state index < -0.39 is 11.7 Å². The molecular formula is C18H17ClN4O3. The third-order valence-electron chi connectivity index (χ3n) is 4.41. The molecule has 0 radical (unpaired) electrons. The topological polar surface area (TPSA) is 94.0 Å². The van der Waals surface area contributed by atoms with Crippen molar-refractivity contribution in [3.8, 4) is 0 Å². The molecule has 1 fully saturated rings. The second kappa shape index (κ2) is 7.01. The standard InChI is InChI=1S/C18H17ClN4O3/c19-14-7-8-20-23(18(14)25)10-17-21-16(22-26-17)9-15(24)13-5-3-12(4-6-13)11-1-2-11/h3-8,11,15,24H,1-2,9-10H2/t15-/m0/s1. The van der Waals surface area contributed by atoms with Crippen molar-refractivity contribution in [2.75, 3.05) is 0 Å². The number of aliphatic hydroxyl groups excluding tert-OH is 1. The number of aromatic nitrogens is 4. The van der Waals surface area contributed by atoms with E-state index in [4.69, 9.17) is 16.1 Å². The van der Waals surface area contributed by atoms with Gasteiger partial charge in [0.2, 0.25) is 5.89 Å². The highest BCUT2D eigenvalue weighted by atomic mass is 35.5. The molecule has 1 atom stereocenters. The fraction of sp³-hybridized carbons (Fsp3) is 0.333. The average molecular weight is 373 g/mol. The quantitative estimate of drug-likeness (QED) is 0.714. The number of rotatable bonds is 6. The number of benzene rings is 1. The Kier molecular flexibility index (Phi) is 4.57. The van der Waals surface area contributed by atoms with Gasteiger partial charge in [-0.2, -0.15) is 10.1 Å². The molecule has 134 valence electrons. The molecule has 2 heterocycles. The molecule has 8 heteroatoms. The zero-order valence-corrected chi connectivity index (χ0v) is 14.6.